The van der Waals surface area contributed by atoms with Crippen molar-refractivity contribution < 1.29 is 21.3 Å². The van der Waals surface area contributed by atoms with Gasteiger partial charge in [0.25, 0.3) is 0 Å². The molecule has 0 atom stereocenters. The van der Waals surface area contributed by atoms with Gasteiger partial charge in [-0.2, -0.15) is 0 Å². The van der Waals surface area contributed by atoms with Crippen LogP contribution in [0.3, 0.4) is 0 Å². The van der Waals surface area contributed by atoms with Crippen molar-refractivity contribution in [2.75, 3.05) is 0 Å². The normalized spacial score (nSPS) is 15.9. The summed E-state index contributed by atoms with van der Waals surface area (Å²) in [5.41, 5.74) is 0. The van der Waals surface area contributed by atoms with E-state index in [0.29, 0.717) is 0 Å². The predicted molar refractivity (Wildman–Crippen MR) is 38.8 cm³/mol. The first-order valence-electron chi connectivity index (χ1n) is 3.11. The summed E-state index contributed by atoms with van der Waals surface area (Å²) in [5, 5.41) is 0. The first-order valence-corrected chi connectivity index (χ1v) is 8.90. The minimum atomic E-state index is -11.2. The fraction of sp³-hybridized carbons (Fsp3) is 0. The van der Waals surface area contributed by atoms with Crippen molar-refractivity contribution in [2.45, 2.75) is 0 Å². The number of halogens is 7. The van der Waals surface area contributed by atoms with E-state index in [-0.39, 0.29) is 5.82 Å². The average Bonchev–Trinajstić information content (AvgIpc) is 1.81. The third kappa shape index (κ3) is 22.6. The Morgan fingerprint density at radius 1 is 0.714 bits per heavy atom. The summed E-state index contributed by atoms with van der Waals surface area (Å²) in [6.45, 7) is 0. The molecule has 14 heavy (non-hydrogen) atoms. The zero-order valence-electron chi connectivity index (χ0n) is 6.48. The van der Waals surface area contributed by atoms with Crippen molar-refractivity contribution in [3.63, 3.8) is 0 Å². The van der Waals surface area contributed by atoms with Gasteiger partial charge in [0.1, 0.15) is 5.82 Å². The molecule has 0 saturated carbocycles. The average molecular weight is 332 g/mol. The molecule has 0 spiro atoms. The van der Waals surface area contributed by atoms with Gasteiger partial charge in [0.05, 0.1) is 0 Å². The molecule has 0 aliphatic rings. The molecule has 84 valence electrons. The molecule has 0 unspecified atom stereocenters. The molecule has 8 heteroatoms. The summed E-state index contributed by atoms with van der Waals surface area (Å²) in [6.07, 6.45) is 0. The summed E-state index contributed by atoms with van der Waals surface area (Å²) in [7, 11) is 0. The Kier molecular flexibility index (Phi) is 3.19. The van der Waals surface area contributed by atoms with Crippen LogP contribution in [0.5, 0.6) is 0 Å². The molecular weight excluding hydrogens is 327 g/mol. The van der Waals surface area contributed by atoms with Crippen molar-refractivity contribution in [2.24, 2.45) is 0 Å². The molecule has 0 aliphatic heterocycles. The van der Waals surface area contributed by atoms with Crippen LogP contribution in [0.1, 0.15) is 0 Å². The van der Waals surface area contributed by atoms with E-state index in [1.807, 2.05) is 0 Å². The first kappa shape index (κ1) is 13.5. The third-order valence-electron chi connectivity index (χ3n) is 0.733. The van der Waals surface area contributed by atoms with Gasteiger partial charge >= 0.3 is 36.4 Å². The van der Waals surface area contributed by atoms with Crippen LogP contribution in [0.2, 0.25) is 0 Å². The van der Waals surface area contributed by atoms with Crippen molar-refractivity contribution in [1.82, 2.24) is 0 Å². The molecule has 0 saturated heterocycles. The number of hydrogen-bond donors (Lipinski definition) is 0. The van der Waals surface area contributed by atoms with Crippen molar-refractivity contribution >= 4 is 19.5 Å². The fourth-order valence-corrected chi connectivity index (χ4v) is 0.415. The van der Waals surface area contributed by atoms with Gasteiger partial charge in [0, 0.05) is 0 Å². The SMILES string of the molecule is Fc1ccccc1.[F][Sb-]([F])([F])([F])([F])[F]. The van der Waals surface area contributed by atoms with Gasteiger partial charge < -0.3 is 0 Å². The third-order valence-corrected chi connectivity index (χ3v) is 0.733. The summed E-state index contributed by atoms with van der Waals surface area (Å²) in [5.74, 6) is -0.178. The van der Waals surface area contributed by atoms with Crippen molar-refractivity contribution in [3.05, 3.63) is 36.1 Å². The van der Waals surface area contributed by atoms with Crippen molar-refractivity contribution in [3.8, 4) is 0 Å². The zero-order valence-corrected chi connectivity index (χ0v) is 9.03. The Morgan fingerprint density at radius 2 is 1.00 bits per heavy atom. The van der Waals surface area contributed by atoms with Crippen LogP contribution in [-0.4, -0.2) is 19.5 Å². The zero-order chi connectivity index (χ0) is 11.5. The molecule has 0 N–H and O–H groups in total. The van der Waals surface area contributed by atoms with E-state index in [4.69, 9.17) is 0 Å². The second-order valence-corrected chi connectivity index (χ2v) is 7.72. The molecule has 0 bridgehead atoms. The van der Waals surface area contributed by atoms with Crippen LogP contribution in [0.4, 0.5) is 21.3 Å². The molecule has 1 rings (SSSR count). The van der Waals surface area contributed by atoms with Crippen LogP contribution in [0.25, 0.3) is 0 Å². The number of rotatable bonds is 0. The Balaban J connectivity index is 0.000000241. The maximum atomic E-state index is 11.9. The van der Waals surface area contributed by atoms with Gasteiger partial charge in [0.15, 0.2) is 0 Å². The molecule has 0 aliphatic carbocycles. The predicted octanol–water partition coefficient (Wildman–Crippen LogP) is 3.97. The van der Waals surface area contributed by atoms with Crippen LogP contribution < -0.4 is 0 Å². The topological polar surface area (TPSA) is 0 Å². The van der Waals surface area contributed by atoms with Crippen LogP contribution in [0, 0.1) is 5.82 Å². The summed E-state index contributed by atoms with van der Waals surface area (Å²) in [4.78, 5) is 0. The van der Waals surface area contributed by atoms with E-state index in [9.17, 15) is 21.3 Å². The second kappa shape index (κ2) is 3.29. The Labute approximate surface area is 77.2 Å². The van der Waals surface area contributed by atoms with E-state index < -0.39 is 19.5 Å². The summed E-state index contributed by atoms with van der Waals surface area (Å²) >= 11 is -11.2. The van der Waals surface area contributed by atoms with E-state index >= 15 is 0 Å². The van der Waals surface area contributed by atoms with Gasteiger partial charge in [-0.25, -0.2) is 4.39 Å². The molecule has 0 aromatic heterocycles. The number of benzene rings is 1. The van der Waals surface area contributed by atoms with Gasteiger partial charge in [-0.05, 0) is 12.1 Å². The monoisotopic (exact) mass is 331 g/mol. The van der Waals surface area contributed by atoms with Crippen LogP contribution in [-0.2, 0) is 0 Å². The summed E-state index contributed by atoms with van der Waals surface area (Å²) in [6, 6.07) is 7.94. The quantitative estimate of drug-likeness (QED) is 0.498. The van der Waals surface area contributed by atoms with Crippen LogP contribution >= 0.6 is 0 Å². The van der Waals surface area contributed by atoms with E-state index in [0.717, 1.165) is 0 Å². The van der Waals surface area contributed by atoms with Crippen molar-refractivity contribution in [1.29, 1.82) is 0 Å². The molecule has 0 nitrogen and oxygen atoms in total. The first-order chi connectivity index (χ1) is 5.84. The molecule has 0 fully saturated rings. The van der Waals surface area contributed by atoms with Gasteiger partial charge in [-0.1, -0.05) is 18.2 Å². The Morgan fingerprint density at radius 3 is 1.14 bits per heavy atom. The molecule has 0 radical (unpaired) electrons. The molecule has 1 aromatic rings. The van der Waals surface area contributed by atoms with E-state index in [2.05, 4.69) is 0 Å². The standard InChI is InChI=1S/C6H5F.6FH.Sb/c7-6-4-2-1-3-5-6;;;;;;;/h1-5H;6*1H;/q;;;;;;;+5/p-6. The Bertz CT molecular complexity index is 274. The molecule has 0 heterocycles. The number of hydrogen-bond acceptors (Lipinski definition) is 0. The summed E-state index contributed by atoms with van der Waals surface area (Å²) < 4.78 is 71.5. The molecular formula is C6H5F7Sb-. The van der Waals surface area contributed by atoms with Gasteiger partial charge in [-0.3, -0.25) is 0 Å². The van der Waals surface area contributed by atoms with Gasteiger partial charge in [0.2, 0.25) is 0 Å². The second-order valence-electron chi connectivity index (χ2n) is 2.25. The van der Waals surface area contributed by atoms with Crippen LogP contribution in [0.15, 0.2) is 30.3 Å². The van der Waals surface area contributed by atoms with Gasteiger partial charge in [-0.15, -0.1) is 0 Å². The molecule has 1 aromatic carbocycles. The van der Waals surface area contributed by atoms with E-state index in [1.54, 1.807) is 18.2 Å². The minimum absolute atomic E-state index is 0.178. The maximum absolute atomic E-state index is 11.9. The fourth-order valence-electron chi connectivity index (χ4n) is 0.415. The Hall–Kier alpha value is -0.452. The molecule has 0 amide bonds. The van der Waals surface area contributed by atoms with E-state index in [1.165, 1.54) is 12.1 Å².